The van der Waals surface area contributed by atoms with Crippen molar-refractivity contribution in [3.05, 3.63) is 41.6 Å². The van der Waals surface area contributed by atoms with Gasteiger partial charge in [-0.25, -0.2) is 13.9 Å². The van der Waals surface area contributed by atoms with Crippen molar-refractivity contribution in [2.75, 3.05) is 23.7 Å². The van der Waals surface area contributed by atoms with Crippen molar-refractivity contribution in [3.63, 3.8) is 0 Å². The first-order valence-electron chi connectivity index (χ1n) is 9.45. The van der Waals surface area contributed by atoms with E-state index < -0.39 is 6.17 Å². The first-order valence-corrected chi connectivity index (χ1v) is 9.45. The maximum absolute atomic E-state index is 12.2. The lowest BCUT2D eigenvalue weighted by Crippen LogP contribution is -2.22. The number of halogens is 1. The van der Waals surface area contributed by atoms with E-state index in [1.165, 1.54) is 10.1 Å². The van der Waals surface area contributed by atoms with Gasteiger partial charge in [-0.2, -0.15) is 5.26 Å². The molecule has 2 aromatic heterocycles. The van der Waals surface area contributed by atoms with Gasteiger partial charge in [0.15, 0.2) is 11.5 Å². The summed E-state index contributed by atoms with van der Waals surface area (Å²) in [6, 6.07) is 3.81. The molecule has 4 rings (SSSR count). The van der Waals surface area contributed by atoms with Gasteiger partial charge in [-0.05, 0) is 19.4 Å². The summed E-state index contributed by atoms with van der Waals surface area (Å²) in [4.78, 5) is 6.38. The van der Waals surface area contributed by atoms with Gasteiger partial charge in [-0.1, -0.05) is 37.6 Å². The summed E-state index contributed by atoms with van der Waals surface area (Å²) in [5, 5.41) is 22.6. The van der Waals surface area contributed by atoms with Gasteiger partial charge in [-0.3, -0.25) is 0 Å². The van der Waals surface area contributed by atoms with E-state index in [0.29, 0.717) is 18.6 Å². The molecule has 0 radical (unpaired) electrons. The van der Waals surface area contributed by atoms with E-state index >= 15 is 0 Å². The van der Waals surface area contributed by atoms with Crippen LogP contribution in [0.25, 0.3) is 5.65 Å². The van der Waals surface area contributed by atoms with Crippen LogP contribution < -0.4 is 10.6 Å². The van der Waals surface area contributed by atoms with Crippen molar-refractivity contribution in [1.82, 2.24) is 14.6 Å². The fraction of sp³-hybridized carbons (Fsp3) is 0.450. The molecule has 0 amide bonds. The first kappa shape index (κ1) is 21.4. The summed E-state index contributed by atoms with van der Waals surface area (Å²) in [6.45, 7) is 7.30. The van der Waals surface area contributed by atoms with Gasteiger partial charge in [0.25, 0.3) is 0 Å². The standard InChI is InChI=1S/C11H12N6O.C7H9F.C2H6/c12-5-8-10(13)15-17-4-2-9(14-11(8)17)16-3-1-7(18)6-16;1-6-2-4-7(8)5-3-6;1-2/h2,4,7,18H,1,3,6H2,(H2,13,15);2-4,7H,5H2,1H3;1-2H3. The van der Waals surface area contributed by atoms with E-state index in [9.17, 15) is 9.50 Å². The van der Waals surface area contributed by atoms with E-state index in [4.69, 9.17) is 11.0 Å². The molecule has 1 aliphatic heterocycles. The number of aliphatic hydroxyl groups is 1. The van der Waals surface area contributed by atoms with Crippen molar-refractivity contribution in [1.29, 1.82) is 5.26 Å². The van der Waals surface area contributed by atoms with Gasteiger partial charge >= 0.3 is 0 Å². The Hall–Kier alpha value is -2.92. The number of nitrogens with zero attached hydrogens (tertiary/aromatic N) is 5. The largest absolute Gasteiger partial charge is 0.391 e. The highest BCUT2D eigenvalue weighted by Crippen LogP contribution is 2.21. The monoisotopic (exact) mass is 386 g/mol. The minimum Gasteiger partial charge on any atom is -0.391 e. The molecule has 0 bridgehead atoms. The van der Waals surface area contributed by atoms with Gasteiger partial charge < -0.3 is 15.7 Å². The third-order valence-corrected chi connectivity index (χ3v) is 4.33. The third kappa shape index (κ3) is 5.08. The van der Waals surface area contributed by atoms with Crippen molar-refractivity contribution in [3.8, 4) is 6.07 Å². The Bertz CT molecular complexity index is 898. The normalized spacial score (nSPS) is 20.6. The molecule has 3 N–H and O–H groups in total. The van der Waals surface area contributed by atoms with Gasteiger partial charge in [0, 0.05) is 25.7 Å². The Morgan fingerprint density at radius 3 is 2.68 bits per heavy atom. The lowest BCUT2D eigenvalue weighted by Gasteiger charge is -2.16. The van der Waals surface area contributed by atoms with E-state index in [0.717, 1.165) is 18.8 Å². The van der Waals surface area contributed by atoms with Crippen molar-refractivity contribution < 1.29 is 9.50 Å². The summed E-state index contributed by atoms with van der Waals surface area (Å²) in [7, 11) is 0. The minimum atomic E-state index is -0.737. The number of rotatable bonds is 1. The highest BCUT2D eigenvalue weighted by Gasteiger charge is 2.22. The first-order chi connectivity index (χ1) is 13.5. The summed E-state index contributed by atoms with van der Waals surface area (Å²) in [6.07, 6.45) is 7.28. The molecule has 1 saturated heterocycles. The summed E-state index contributed by atoms with van der Waals surface area (Å²) in [5.74, 6) is 0.916. The lowest BCUT2D eigenvalue weighted by atomic mass is 10.1. The van der Waals surface area contributed by atoms with Crippen LogP contribution in [0.15, 0.2) is 36.1 Å². The number of nitrogen functional groups attached to an aromatic ring is 1. The zero-order chi connectivity index (χ0) is 20.7. The maximum atomic E-state index is 12.2. The molecule has 2 unspecified atom stereocenters. The summed E-state index contributed by atoms with van der Waals surface area (Å²) in [5.41, 5.74) is 7.55. The third-order valence-electron chi connectivity index (χ3n) is 4.33. The molecule has 7 nitrogen and oxygen atoms in total. The molecule has 2 atom stereocenters. The Labute approximate surface area is 164 Å². The lowest BCUT2D eigenvalue weighted by molar-refractivity contribution is 0.198. The molecule has 28 heavy (non-hydrogen) atoms. The van der Waals surface area contributed by atoms with Crippen LogP contribution in [-0.2, 0) is 0 Å². The Morgan fingerprint density at radius 1 is 1.39 bits per heavy atom. The summed E-state index contributed by atoms with van der Waals surface area (Å²) >= 11 is 0. The zero-order valence-electron chi connectivity index (χ0n) is 16.5. The predicted molar refractivity (Wildman–Crippen MR) is 109 cm³/mol. The van der Waals surface area contributed by atoms with Gasteiger partial charge in [0.2, 0.25) is 0 Å². The molecule has 2 aliphatic rings. The topological polar surface area (TPSA) is 103 Å². The molecule has 3 heterocycles. The highest BCUT2D eigenvalue weighted by atomic mass is 19.1. The smallest absolute Gasteiger partial charge is 0.177 e. The number of aliphatic hydroxyl groups excluding tert-OH is 1. The van der Waals surface area contributed by atoms with E-state index in [2.05, 4.69) is 10.1 Å². The number of nitrogens with two attached hydrogens (primary N) is 1. The molecule has 1 fully saturated rings. The maximum Gasteiger partial charge on any atom is 0.177 e. The van der Waals surface area contributed by atoms with Crippen LogP contribution in [0.5, 0.6) is 0 Å². The SMILES string of the molecule is CC.CC1=CCC(F)C=C1.N#Cc1c(N)nn2ccc(N3CCC(O)C3)nc12. The quantitative estimate of drug-likeness (QED) is 0.781. The van der Waals surface area contributed by atoms with Gasteiger partial charge in [0.1, 0.15) is 23.6 Å². The molecule has 8 heteroatoms. The number of nitriles is 1. The number of anilines is 2. The van der Waals surface area contributed by atoms with Crippen LogP contribution in [0, 0.1) is 11.3 Å². The number of alkyl halides is 1. The molecule has 2 aromatic rings. The average molecular weight is 386 g/mol. The Balaban J connectivity index is 0.000000236. The second-order valence-corrected chi connectivity index (χ2v) is 6.37. The average Bonchev–Trinajstić information content (AvgIpc) is 3.27. The van der Waals surface area contributed by atoms with Crippen molar-refractivity contribution in [2.24, 2.45) is 0 Å². The fourth-order valence-electron chi connectivity index (χ4n) is 2.87. The van der Waals surface area contributed by atoms with Crippen LogP contribution in [-0.4, -0.2) is 45.1 Å². The number of fused-ring (bicyclic) bond motifs is 1. The molecular formula is C20H27FN6O. The second kappa shape index (κ2) is 9.85. The second-order valence-electron chi connectivity index (χ2n) is 6.37. The number of aromatic nitrogens is 3. The summed E-state index contributed by atoms with van der Waals surface area (Å²) < 4.78 is 13.7. The van der Waals surface area contributed by atoms with Crippen molar-refractivity contribution >= 4 is 17.3 Å². The number of β-amino-alcohol motifs (C(OH)–C–C–N with tert-alkyl or cyclic N) is 1. The van der Waals surface area contributed by atoms with Crippen LogP contribution in [0.4, 0.5) is 16.0 Å². The molecule has 150 valence electrons. The Morgan fingerprint density at radius 2 is 2.14 bits per heavy atom. The fourth-order valence-corrected chi connectivity index (χ4v) is 2.87. The number of allylic oxidation sites excluding steroid dienone is 4. The van der Waals surface area contributed by atoms with Crippen LogP contribution in [0.2, 0.25) is 0 Å². The van der Waals surface area contributed by atoms with Crippen LogP contribution >= 0.6 is 0 Å². The minimum absolute atomic E-state index is 0.184. The predicted octanol–water partition coefficient (Wildman–Crippen LogP) is 3.01. The molecular weight excluding hydrogens is 359 g/mol. The Kier molecular flexibility index (Phi) is 7.52. The van der Waals surface area contributed by atoms with Gasteiger partial charge in [0.05, 0.1) is 6.10 Å². The number of hydrogen-bond acceptors (Lipinski definition) is 6. The molecule has 1 aliphatic carbocycles. The van der Waals surface area contributed by atoms with E-state index in [1.807, 2.05) is 43.9 Å². The van der Waals surface area contributed by atoms with Crippen LogP contribution in [0.1, 0.15) is 39.2 Å². The molecule has 0 saturated carbocycles. The molecule has 0 aromatic carbocycles. The molecule has 0 spiro atoms. The van der Waals surface area contributed by atoms with Crippen LogP contribution in [0.3, 0.4) is 0 Å². The zero-order valence-corrected chi connectivity index (χ0v) is 16.5. The van der Waals surface area contributed by atoms with Crippen molar-refractivity contribution in [2.45, 2.75) is 45.9 Å². The van der Waals surface area contributed by atoms with E-state index in [1.54, 1.807) is 18.3 Å². The van der Waals surface area contributed by atoms with Gasteiger partial charge in [-0.15, -0.1) is 5.10 Å². The highest BCUT2D eigenvalue weighted by molar-refractivity contribution is 5.67. The van der Waals surface area contributed by atoms with E-state index in [-0.39, 0.29) is 17.5 Å². The number of hydrogen-bond donors (Lipinski definition) is 2.